The van der Waals surface area contributed by atoms with Crippen LogP contribution in [-0.2, 0) is 11.2 Å². The summed E-state index contributed by atoms with van der Waals surface area (Å²) in [6.07, 6.45) is 0.371. The third-order valence-electron chi connectivity index (χ3n) is 3.00. The molecular weight excluding hydrogens is 261 g/mol. The average Bonchev–Trinajstić information content (AvgIpc) is 2.30. The second kappa shape index (κ2) is 6.98. The minimum absolute atomic E-state index is 0.314. The van der Waals surface area contributed by atoms with Crippen LogP contribution >= 0.6 is 12.6 Å². The van der Waals surface area contributed by atoms with E-state index >= 15 is 0 Å². The lowest BCUT2D eigenvalue weighted by molar-refractivity contribution is -0.120. The molecule has 0 saturated carbocycles. The van der Waals surface area contributed by atoms with E-state index in [4.69, 9.17) is 0 Å². The lowest BCUT2D eigenvalue weighted by atomic mass is 9.75. The summed E-state index contributed by atoms with van der Waals surface area (Å²) in [7, 11) is -1.60. The largest absolute Gasteiger partial charge is 0.475 e. The van der Waals surface area contributed by atoms with Crippen molar-refractivity contribution >= 4 is 25.7 Å². The molecule has 0 bridgehead atoms. The number of thiol groups is 1. The van der Waals surface area contributed by atoms with Crippen LogP contribution in [0.2, 0.25) is 0 Å². The predicted molar refractivity (Wildman–Crippen MR) is 80.2 cm³/mol. The molecule has 0 spiro atoms. The van der Waals surface area contributed by atoms with Crippen molar-refractivity contribution in [1.82, 2.24) is 5.32 Å². The lowest BCUT2D eigenvalue weighted by Gasteiger charge is -2.20. The fourth-order valence-electron chi connectivity index (χ4n) is 1.85. The van der Waals surface area contributed by atoms with Crippen LogP contribution in [0.4, 0.5) is 0 Å². The fourth-order valence-corrected chi connectivity index (χ4v) is 1.92. The first-order chi connectivity index (χ1) is 8.81. The van der Waals surface area contributed by atoms with Crippen LogP contribution in [-0.4, -0.2) is 34.3 Å². The number of nitrogens with one attached hydrogen (secondary N) is 1. The Morgan fingerprint density at radius 1 is 1.42 bits per heavy atom. The Kier molecular flexibility index (Phi) is 5.91. The average molecular weight is 281 g/mol. The third kappa shape index (κ3) is 4.89. The summed E-state index contributed by atoms with van der Waals surface area (Å²) in [5, 5.41) is 20.8. The Labute approximate surface area is 119 Å². The van der Waals surface area contributed by atoms with E-state index in [1.54, 1.807) is 6.92 Å². The zero-order valence-electron chi connectivity index (χ0n) is 11.4. The number of hydrogen-bond acceptors (Lipinski definition) is 4. The van der Waals surface area contributed by atoms with Gasteiger partial charge in [0.15, 0.2) is 0 Å². The van der Waals surface area contributed by atoms with Gasteiger partial charge in [-0.05, 0) is 38.3 Å². The molecule has 0 aliphatic heterocycles. The van der Waals surface area contributed by atoms with E-state index in [9.17, 15) is 14.8 Å². The first kappa shape index (κ1) is 16.1. The minimum Gasteiger partial charge on any atom is -0.426 e. The summed E-state index contributed by atoms with van der Waals surface area (Å²) in [4.78, 5) is 11.6. The fraction of sp³-hybridized carbons (Fsp3) is 0.462. The Hall–Kier alpha value is -0.975. The van der Waals surface area contributed by atoms with Gasteiger partial charge in [-0.3, -0.25) is 4.79 Å². The summed E-state index contributed by atoms with van der Waals surface area (Å²) in [6, 6.07) is 5.93. The maximum absolute atomic E-state index is 11.6. The number of hydrogen-bond donors (Lipinski definition) is 4. The first-order valence-electron chi connectivity index (χ1n) is 6.22. The number of amides is 1. The van der Waals surface area contributed by atoms with Crippen LogP contribution in [0.5, 0.6) is 0 Å². The predicted octanol–water partition coefficient (Wildman–Crippen LogP) is 0.661. The zero-order valence-corrected chi connectivity index (χ0v) is 12.3. The number of aryl methyl sites for hydroxylation is 2. The summed E-state index contributed by atoms with van der Waals surface area (Å²) < 4.78 is 0. The Balaban J connectivity index is 2.81. The van der Waals surface area contributed by atoms with Gasteiger partial charge >= 0.3 is 7.12 Å². The van der Waals surface area contributed by atoms with E-state index in [1.807, 2.05) is 32.0 Å². The standard InChI is InChI=1S/C13H20BNO3S/c1-8-4-5-11(9(2)6-8)7-12(14(17)18)15-13(16)10(3)19/h4-6,10,12,17-19H,7H2,1-3H3,(H,15,16). The Morgan fingerprint density at radius 2 is 2.05 bits per heavy atom. The molecule has 1 aromatic carbocycles. The maximum atomic E-state index is 11.6. The van der Waals surface area contributed by atoms with Crippen molar-refractivity contribution in [3.63, 3.8) is 0 Å². The second-order valence-electron chi connectivity index (χ2n) is 4.84. The van der Waals surface area contributed by atoms with E-state index < -0.39 is 18.3 Å². The van der Waals surface area contributed by atoms with Gasteiger partial charge in [-0.1, -0.05) is 23.8 Å². The first-order valence-corrected chi connectivity index (χ1v) is 6.73. The monoisotopic (exact) mass is 281 g/mol. The lowest BCUT2D eigenvalue weighted by Crippen LogP contribution is -2.49. The summed E-state index contributed by atoms with van der Waals surface area (Å²) in [6.45, 7) is 5.60. The number of carbonyl (C=O) groups is 1. The molecule has 1 aromatic rings. The van der Waals surface area contributed by atoms with E-state index in [0.29, 0.717) is 6.42 Å². The van der Waals surface area contributed by atoms with Gasteiger partial charge in [0.2, 0.25) is 5.91 Å². The molecule has 0 aliphatic rings. The number of benzene rings is 1. The molecule has 6 heteroatoms. The minimum atomic E-state index is -1.60. The molecule has 4 nitrogen and oxygen atoms in total. The van der Waals surface area contributed by atoms with Gasteiger partial charge in [0.05, 0.1) is 11.2 Å². The van der Waals surface area contributed by atoms with Crippen molar-refractivity contribution in [2.24, 2.45) is 0 Å². The van der Waals surface area contributed by atoms with Gasteiger partial charge in [-0.2, -0.15) is 12.6 Å². The Bertz CT molecular complexity index is 452. The van der Waals surface area contributed by atoms with Crippen molar-refractivity contribution in [3.8, 4) is 0 Å². The molecule has 19 heavy (non-hydrogen) atoms. The summed E-state index contributed by atoms with van der Waals surface area (Å²) in [5.74, 6) is -1.05. The highest BCUT2D eigenvalue weighted by Gasteiger charge is 2.26. The van der Waals surface area contributed by atoms with Crippen molar-refractivity contribution in [2.75, 3.05) is 0 Å². The van der Waals surface area contributed by atoms with Crippen LogP contribution in [0.1, 0.15) is 23.6 Å². The third-order valence-corrected chi connectivity index (χ3v) is 3.24. The topological polar surface area (TPSA) is 69.6 Å². The molecule has 104 valence electrons. The maximum Gasteiger partial charge on any atom is 0.475 e. The van der Waals surface area contributed by atoms with Gasteiger partial charge in [-0.15, -0.1) is 0 Å². The molecule has 1 amide bonds. The highest BCUT2D eigenvalue weighted by atomic mass is 32.1. The van der Waals surface area contributed by atoms with Crippen LogP contribution in [0.25, 0.3) is 0 Å². The normalized spacial score (nSPS) is 13.8. The quantitative estimate of drug-likeness (QED) is 0.473. The zero-order chi connectivity index (χ0) is 14.6. The van der Waals surface area contributed by atoms with Crippen molar-refractivity contribution < 1.29 is 14.8 Å². The molecule has 0 saturated heterocycles. The van der Waals surface area contributed by atoms with Crippen LogP contribution in [0, 0.1) is 13.8 Å². The second-order valence-corrected chi connectivity index (χ2v) is 5.61. The van der Waals surface area contributed by atoms with Gasteiger partial charge in [0.25, 0.3) is 0 Å². The van der Waals surface area contributed by atoms with E-state index in [1.165, 1.54) is 0 Å². The molecule has 0 radical (unpaired) electrons. The SMILES string of the molecule is Cc1ccc(CC(NC(=O)C(C)S)B(O)O)c(C)c1. The molecular formula is C13H20BNO3S. The van der Waals surface area contributed by atoms with Crippen LogP contribution < -0.4 is 5.32 Å². The molecule has 3 N–H and O–H groups in total. The van der Waals surface area contributed by atoms with Crippen molar-refractivity contribution in [2.45, 2.75) is 38.4 Å². The van der Waals surface area contributed by atoms with E-state index in [2.05, 4.69) is 17.9 Å². The molecule has 0 heterocycles. The molecule has 0 aliphatic carbocycles. The van der Waals surface area contributed by atoms with Crippen molar-refractivity contribution in [1.29, 1.82) is 0 Å². The summed E-state index contributed by atoms with van der Waals surface area (Å²) >= 11 is 4.02. The molecule has 0 aromatic heterocycles. The van der Waals surface area contributed by atoms with Gasteiger partial charge in [-0.25, -0.2) is 0 Å². The van der Waals surface area contributed by atoms with E-state index in [-0.39, 0.29) is 5.91 Å². The molecule has 0 fully saturated rings. The van der Waals surface area contributed by atoms with Gasteiger partial charge < -0.3 is 15.4 Å². The van der Waals surface area contributed by atoms with Gasteiger partial charge in [0.1, 0.15) is 0 Å². The summed E-state index contributed by atoms with van der Waals surface area (Å²) in [5.41, 5.74) is 3.20. The Morgan fingerprint density at radius 3 is 2.53 bits per heavy atom. The van der Waals surface area contributed by atoms with E-state index in [0.717, 1.165) is 16.7 Å². The van der Waals surface area contributed by atoms with Crippen LogP contribution in [0.15, 0.2) is 18.2 Å². The number of carbonyl (C=O) groups excluding carboxylic acids is 1. The van der Waals surface area contributed by atoms with Crippen molar-refractivity contribution in [3.05, 3.63) is 34.9 Å². The van der Waals surface area contributed by atoms with Crippen LogP contribution in [0.3, 0.4) is 0 Å². The molecule has 1 rings (SSSR count). The highest BCUT2D eigenvalue weighted by molar-refractivity contribution is 7.81. The highest BCUT2D eigenvalue weighted by Crippen LogP contribution is 2.13. The number of rotatable bonds is 5. The molecule has 2 unspecified atom stereocenters. The smallest absolute Gasteiger partial charge is 0.426 e. The van der Waals surface area contributed by atoms with Gasteiger partial charge in [0, 0.05) is 0 Å². The molecule has 2 atom stereocenters.